The highest BCUT2D eigenvalue weighted by Gasteiger charge is 2.10. The van der Waals surface area contributed by atoms with Gasteiger partial charge in [0.1, 0.15) is 0 Å². The van der Waals surface area contributed by atoms with Gasteiger partial charge in [-0.25, -0.2) is 0 Å². The quantitative estimate of drug-likeness (QED) is 0.670. The average molecular weight is 227 g/mol. The third-order valence-corrected chi connectivity index (χ3v) is 3.62. The van der Waals surface area contributed by atoms with Crippen molar-refractivity contribution in [3.8, 4) is 0 Å². The first-order valence-electron chi connectivity index (χ1n) is 6.82. The number of rotatable bonds is 1. The maximum atomic E-state index is 2.49. The van der Waals surface area contributed by atoms with Gasteiger partial charge in [-0.2, -0.15) is 0 Å². The first-order chi connectivity index (χ1) is 7.72. The van der Waals surface area contributed by atoms with Crippen LogP contribution in [0.1, 0.15) is 26.2 Å². The number of piperidine rings is 1. The highest BCUT2D eigenvalue weighted by molar-refractivity contribution is 4.66. The topological polar surface area (TPSA) is 9.72 Å². The minimum Gasteiger partial charge on any atom is -0.306 e. The highest BCUT2D eigenvalue weighted by Crippen LogP contribution is 2.04. The van der Waals surface area contributed by atoms with Crippen LogP contribution in [0.25, 0.3) is 0 Å². The second kappa shape index (κ2) is 8.04. The first kappa shape index (κ1) is 13.9. The Labute approximate surface area is 101 Å². The predicted octanol–water partition coefficient (Wildman–Crippen LogP) is 1.36. The van der Waals surface area contributed by atoms with Gasteiger partial charge < -0.3 is 14.7 Å². The van der Waals surface area contributed by atoms with Crippen molar-refractivity contribution in [2.75, 3.05) is 59.9 Å². The van der Waals surface area contributed by atoms with Gasteiger partial charge in [-0.3, -0.25) is 0 Å². The zero-order valence-corrected chi connectivity index (χ0v) is 11.4. The number of hydrogen-bond acceptors (Lipinski definition) is 3. The Morgan fingerprint density at radius 2 is 1.19 bits per heavy atom. The lowest BCUT2D eigenvalue weighted by Crippen LogP contribution is -2.44. The molecule has 0 saturated carbocycles. The van der Waals surface area contributed by atoms with Gasteiger partial charge in [0.25, 0.3) is 0 Å². The highest BCUT2D eigenvalue weighted by atomic mass is 15.2. The molecule has 3 heteroatoms. The molecule has 16 heavy (non-hydrogen) atoms. The molecule has 2 fully saturated rings. The third kappa shape index (κ3) is 5.83. The molecule has 0 aromatic carbocycles. The molecule has 0 radical (unpaired) electrons. The fraction of sp³-hybridized carbons (Fsp3) is 1.00. The molecule has 0 bridgehead atoms. The van der Waals surface area contributed by atoms with Gasteiger partial charge in [-0.1, -0.05) is 13.3 Å². The molecule has 96 valence electrons. The summed E-state index contributed by atoms with van der Waals surface area (Å²) < 4.78 is 0. The van der Waals surface area contributed by atoms with Crippen molar-refractivity contribution in [2.45, 2.75) is 26.2 Å². The van der Waals surface area contributed by atoms with Crippen molar-refractivity contribution in [1.82, 2.24) is 14.7 Å². The molecule has 2 rings (SSSR count). The van der Waals surface area contributed by atoms with Gasteiger partial charge in [0.15, 0.2) is 0 Å². The largest absolute Gasteiger partial charge is 0.306 e. The Hall–Kier alpha value is -0.120. The van der Waals surface area contributed by atoms with Gasteiger partial charge in [0, 0.05) is 26.2 Å². The molecule has 0 atom stereocenters. The van der Waals surface area contributed by atoms with E-state index < -0.39 is 0 Å². The van der Waals surface area contributed by atoms with Crippen molar-refractivity contribution >= 4 is 0 Å². The summed E-state index contributed by atoms with van der Waals surface area (Å²) in [7, 11) is 4.38. The summed E-state index contributed by atoms with van der Waals surface area (Å²) in [6, 6.07) is 0. The Balaban J connectivity index is 0.000000165. The van der Waals surface area contributed by atoms with Gasteiger partial charge in [0.2, 0.25) is 0 Å². The molecule has 0 spiro atoms. The van der Waals surface area contributed by atoms with Crippen LogP contribution >= 0.6 is 0 Å². The van der Waals surface area contributed by atoms with Crippen LogP contribution in [0.4, 0.5) is 0 Å². The molecule has 2 aliphatic rings. The summed E-state index contributed by atoms with van der Waals surface area (Å²) in [6.07, 6.45) is 4.28. The van der Waals surface area contributed by atoms with E-state index in [0.29, 0.717) is 0 Å². The number of likely N-dealkylation sites (tertiary alicyclic amines) is 1. The molecule has 3 nitrogen and oxygen atoms in total. The minimum atomic E-state index is 1.22. The maximum Gasteiger partial charge on any atom is 0.0110 e. The zero-order chi connectivity index (χ0) is 11.8. The minimum absolute atomic E-state index is 1.22. The standard InChI is InChI=1S/C7H16N2.C6H13N/c1-3-9-6-4-8(2)5-7-9;1-7-5-3-2-4-6-7/h3-7H2,1-2H3;2-6H2,1H3. The SMILES string of the molecule is CCN1CCN(C)CC1.CN1CCCCC1. The Kier molecular flexibility index (Phi) is 7.01. The molecular weight excluding hydrogens is 198 g/mol. The van der Waals surface area contributed by atoms with E-state index in [-0.39, 0.29) is 0 Å². The van der Waals surface area contributed by atoms with E-state index >= 15 is 0 Å². The summed E-state index contributed by atoms with van der Waals surface area (Å²) in [5, 5.41) is 0. The zero-order valence-electron chi connectivity index (χ0n) is 11.4. The predicted molar refractivity (Wildman–Crippen MR) is 71.0 cm³/mol. The molecular formula is C13H29N3. The van der Waals surface area contributed by atoms with Crippen molar-refractivity contribution in [3.05, 3.63) is 0 Å². The molecule has 2 saturated heterocycles. The summed E-state index contributed by atoms with van der Waals surface area (Å²) in [5.41, 5.74) is 0. The van der Waals surface area contributed by atoms with E-state index in [1.54, 1.807) is 0 Å². The van der Waals surface area contributed by atoms with E-state index in [4.69, 9.17) is 0 Å². The number of piperazine rings is 1. The smallest absolute Gasteiger partial charge is 0.0110 e. The fourth-order valence-electron chi connectivity index (χ4n) is 2.22. The van der Waals surface area contributed by atoms with Crippen LogP contribution in [0.5, 0.6) is 0 Å². The second-order valence-electron chi connectivity index (χ2n) is 5.10. The van der Waals surface area contributed by atoms with Crippen molar-refractivity contribution in [1.29, 1.82) is 0 Å². The number of nitrogens with zero attached hydrogens (tertiary/aromatic N) is 3. The van der Waals surface area contributed by atoms with Crippen LogP contribution < -0.4 is 0 Å². The average Bonchev–Trinajstić information content (AvgIpc) is 2.32. The van der Waals surface area contributed by atoms with E-state index in [2.05, 4.69) is 35.7 Å². The van der Waals surface area contributed by atoms with E-state index in [0.717, 1.165) is 0 Å². The van der Waals surface area contributed by atoms with Crippen molar-refractivity contribution in [2.24, 2.45) is 0 Å². The summed E-state index contributed by atoms with van der Waals surface area (Å²) in [4.78, 5) is 7.26. The van der Waals surface area contributed by atoms with Gasteiger partial charge in [0.05, 0.1) is 0 Å². The van der Waals surface area contributed by atoms with Crippen LogP contribution in [0.15, 0.2) is 0 Å². The molecule has 0 amide bonds. The molecule has 2 aliphatic heterocycles. The molecule has 0 unspecified atom stereocenters. The normalized spacial score (nSPS) is 24.9. The van der Waals surface area contributed by atoms with Crippen LogP contribution in [-0.2, 0) is 0 Å². The molecule has 0 aromatic rings. The van der Waals surface area contributed by atoms with E-state index in [1.807, 2.05) is 0 Å². The molecule has 0 aliphatic carbocycles. The van der Waals surface area contributed by atoms with E-state index in [9.17, 15) is 0 Å². The monoisotopic (exact) mass is 227 g/mol. The Morgan fingerprint density at radius 1 is 0.688 bits per heavy atom. The summed E-state index contributed by atoms with van der Waals surface area (Å²) >= 11 is 0. The number of hydrogen-bond donors (Lipinski definition) is 0. The molecule has 2 heterocycles. The second-order valence-corrected chi connectivity index (χ2v) is 5.10. The van der Waals surface area contributed by atoms with Gasteiger partial charge >= 0.3 is 0 Å². The summed E-state index contributed by atoms with van der Waals surface area (Å²) in [6.45, 7) is 11.1. The van der Waals surface area contributed by atoms with Crippen LogP contribution in [0.3, 0.4) is 0 Å². The maximum absolute atomic E-state index is 2.49. The third-order valence-electron chi connectivity index (χ3n) is 3.62. The van der Waals surface area contributed by atoms with Crippen molar-refractivity contribution in [3.63, 3.8) is 0 Å². The van der Waals surface area contributed by atoms with E-state index in [1.165, 1.54) is 65.1 Å². The fourth-order valence-corrected chi connectivity index (χ4v) is 2.22. The molecule has 0 aromatic heterocycles. The lowest BCUT2D eigenvalue weighted by molar-refractivity contribution is 0.160. The van der Waals surface area contributed by atoms with Crippen LogP contribution in [0.2, 0.25) is 0 Å². The lowest BCUT2D eigenvalue weighted by Gasteiger charge is -2.31. The number of likely N-dealkylation sites (N-methyl/N-ethyl adjacent to an activating group) is 2. The first-order valence-corrected chi connectivity index (χ1v) is 6.82. The Morgan fingerprint density at radius 3 is 1.56 bits per heavy atom. The van der Waals surface area contributed by atoms with Gasteiger partial charge in [-0.05, 0) is 46.6 Å². The lowest BCUT2D eigenvalue weighted by atomic mass is 10.1. The van der Waals surface area contributed by atoms with Crippen molar-refractivity contribution < 1.29 is 0 Å². The van der Waals surface area contributed by atoms with Crippen LogP contribution in [0, 0.1) is 0 Å². The van der Waals surface area contributed by atoms with Crippen LogP contribution in [-0.4, -0.2) is 74.6 Å². The summed E-state index contributed by atoms with van der Waals surface area (Å²) in [5.74, 6) is 0. The van der Waals surface area contributed by atoms with Gasteiger partial charge in [-0.15, -0.1) is 0 Å². The Bertz CT molecular complexity index is 159. The molecule has 0 N–H and O–H groups in total.